The summed E-state index contributed by atoms with van der Waals surface area (Å²) in [5.74, 6) is 0.459. The van der Waals surface area contributed by atoms with E-state index in [2.05, 4.69) is 35.1 Å². The lowest BCUT2D eigenvalue weighted by molar-refractivity contribution is 0.0951. The van der Waals surface area contributed by atoms with Crippen molar-refractivity contribution in [2.75, 3.05) is 0 Å². The lowest BCUT2D eigenvalue weighted by Crippen LogP contribution is -2.22. The minimum Gasteiger partial charge on any atom is -0.347 e. The number of hydrogen-bond acceptors (Lipinski definition) is 2. The summed E-state index contributed by atoms with van der Waals surface area (Å²) in [6, 6.07) is 11.8. The van der Waals surface area contributed by atoms with Crippen LogP contribution in [0.2, 0.25) is 0 Å². The predicted octanol–water partition coefficient (Wildman–Crippen LogP) is 4.56. The van der Waals surface area contributed by atoms with Crippen LogP contribution in [0.1, 0.15) is 40.6 Å². The zero-order valence-electron chi connectivity index (χ0n) is 10.9. The van der Waals surface area contributed by atoms with E-state index >= 15 is 0 Å². The van der Waals surface area contributed by atoms with Crippen LogP contribution in [0, 0.1) is 0 Å². The van der Waals surface area contributed by atoms with Crippen molar-refractivity contribution in [3.63, 3.8) is 0 Å². The second-order valence-corrected chi connectivity index (χ2v) is 7.21. The number of carbonyl (C=O) groups is 1. The van der Waals surface area contributed by atoms with Gasteiger partial charge < -0.3 is 5.32 Å². The zero-order chi connectivity index (χ0) is 13.8. The summed E-state index contributed by atoms with van der Waals surface area (Å²) in [6.07, 6.45) is 0. The fraction of sp³-hybridized carbons (Fsp3) is 0.267. The molecule has 0 spiro atoms. The van der Waals surface area contributed by atoms with E-state index in [1.807, 2.05) is 36.4 Å². The molecule has 1 N–H and O–H groups in total. The van der Waals surface area contributed by atoms with Crippen molar-refractivity contribution in [2.45, 2.75) is 26.3 Å². The van der Waals surface area contributed by atoms with Crippen LogP contribution in [0.4, 0.5) is 0 Å². The van der Waals surface area contributed by atoms with Crippen LogP contribution in [-0.4, -0.2) is 5.91 Å². The highest BCUT2D eigenvalue weighted by Gasteiger charge is 2.07. The van der Waals surface area contributed by atoms with Gasteiger partial charge in [0, 0.05) is 10.4 Å². The number of rotatable bonds is 4. The molecule has 0 fully saturated rings. The van der Waals surface area contributed by atoms with Gasteiger partial charge in [-0.2, -0.15) is 0 Å². The van der Waals surface area contributed by atoms with Gasteiger partial charge in [0.25, 0.3) is 5.91 Å². The molecule has 1 heterocycles. The average molecular weight is 338 g/mol. The second kappa shape index (κ2) is 6.35. The summed E-state index contributed by atoms with van der Waals surface area (Å²) >= 11 is 5.04. The minimum absolute atomic E-state index is 0.0279. The van der Waals surface area contributed by atoms with E-state index < -0.39 is 0 Å². The highest BCUT2D eigenvalue weighted by molar-refractivity contribution is 9.11. The lowest BCUT2D eigenvalue weighted by Gasteiger charge is -2.07. The molecular formula is C15H16BrNOS. The summed E-state index contributed by atoms with van der Waals surface area (Å²) < 4.78 is 1.08. The number of halogens is 1. The van der Waals surface area contributed by atoms with Crippen LogP contribution in [0.15, 0.2) is 40.2 Å². The van der Waals surface area contributed by atoms with Crippen LogP contribution in [0.5, 0.6) is 0 Å². The molecular weight excluding hydrogens is 322 g/mol. The Morgan fingerprint density at radius 3 is 2.42 bits per heavy atom. The van der Waals surface area contributed by atoms with Gasteiger partial charge in [-0.05, 0) is 51.7 Å². The highest BCUT2D eigenvalue weighted by atomic mass is 79.9. The molecule has 1 aromatic carbocycles. The minimum atomic E-state index is -0.0279. The van der Waals surface area contributed by atoms with Crippen molar-refractivity contribution < 1.29 is 4.79 Å². The Morgan fingerprint density at radius 2 is 1.89 bits per heavy atom. The van der Waals surface area contributed by atoms with Gasteiger partial charge in [-0.15, -0.1) is 11.3 Å². The smallest absolute Gasteiger partial charge is 0.251 e. The molecule has 2 nitrogen and oxygen atoms in total. The van der Waals surface area contributed by atoms with Gasteiger partial charge in [0.2, 0.25) is 0 Å². The Balaban J connectivity index is 1.96. The van der Waals surface area contributed by atoms with E-state index in [4.69, 9.17) is 0 Å². The van der Waals surface area contributed by atoms with Gasteiger partial charge in [-0.3, -0.25) is 4.79 Å². The number of benzene rings is 1. The third-order valence-corrected chi connectivity index (χ3v) is 4.52. The monoisotopic (exact) mass is 337 g/mol. The Morgan fingerprint density at radius 1 is 1.21 bits per heavy atom. The molecule has 4 heteroatoms. The maximum Gasteiger partial charge on any atom is 0.251 e. The molecule has 0 aliphatic rings. The molecule has 0 atom stereocenters. The van der Waals surface area contributed by atoms with Gasteiger partial charge in [0.05, 0.1) is 10.3 Å². The first-order valence-corrected chi connectivity index (χ1v) is 7.79. The third-order valence-electron chi connectivity index (χ3n) is 2.89. The average Bonchev–Trinajstić information content (AvgIpc) is 2.82. The predicted molar refractivity (Wildman–Crippen MR) is 83.7 cm³/mol. The Hall–Kier alpha value is -1.13. The standard InChI is InChI=1S/C15H16BrNOS/c1-10(2)11-3-5-12(6-4-11)15(18)17-9-13-7-8-14(16)19-13/h3-8,10H,9H2,1-2H3,(H,17,18). The van der Waals surface area contributed by atoms with Crippen LogP contribution in [0.25, 0.3) is 0 Å². The van der Waals surface area contributed by atoms with E-state index in [9.17, 15) is 4.79 Å². The molecule has 19 heavy (non-hydrogen) atoms. The summed E-state index contributed by atoms with van der Waals surface area (Å²) in [6.45, 7) is 4.86. The fourth-order valence-corrected chi connectivity index (χ4v) is 3.16. The van der Waals surface area contributed by atoms with Crippen molar-refractivity contribution in [3.8, 4) is 0 Å². The Labute approximate surface area is 126 Å². The molecule has 0 bridgehead atoms. The summed E-state index contributed by atoms with van der Waals surface area (Å²) in [4.78, 5) is 13.1. The number of nitrogens with one attached hydrogen (secondary N) is 1. The first-order chi connectivity index (χ1) is 9.06. The molecule has 1 aromatic heterocycles. The molecule has 100 valence electrons. The SMILES string of the molecule is CC(C)c1ccc(C(=O)NCc2ccc(Br)s2)cc1. The van der Waals surface area contributed by atoms with Crippen LogP contribution in [-0.2, 0) is 6.54 Å². The van der Waals surface area contributed by atoms with Crippen LogP contribution >= 0.6 is 27.3 Å². The van der Waals surface area contributed by atoms with Crippen molar-refractivity contribution in [3.05, 3.63) is 56.2 Å². The Kier molecular flexibility index (Phi) is 4.77. The normalized spacial score (nSPS) is 10.7. The molecule has 0 unspecified atom stereocenters. The third kappa shape index (κ3) is 3.91. The fourth-order valence-electron chi connectivity index (χ4n) is 1.74. The number of thiophene rings is 1. The van der Waals surface area contributed by atoms with E-state index in [0.717, 1.165) is 8.66 Å². The van der Waals surface area contributed by atoms with E-state index in [0.29, 0.717) is 18.0 Å². The largest absolute Gasteiger partial charge is 0.347 e. The van der Waals surface area contributed by atoms with Gasteiger partial charge in [-0.1, -0.05) is 26.0 Å². The first kappa shape index (κ1) is 14.3. The molecule has 0 aliphatic carbocycles. The Bertz CT molecular complexity index is 560. The summed E-state index contributed by atoms with van der Waals surface area (Å²) in [5, 5.41) is 2.93. The zero-order valence-corrected chi connectivity index (χ0v) is 13.3. The van der Waals surface area contributed by atoms with Crippen molar-refractivity contribution in [1.82, 2.24) is 5.32 Å². The van der Waals surface area contributed by atoms with Crippen LogP contribution < -0.4 is 5.32 Å². The first-order valence-electron chi connectivity index (χ1n) is 6.18. The topological polar surface area (TPSA) is 29.1 Å². The molecule has 0 radical (unpaired) electrons. The number of carbonyl (C=O) groups excluding carboxylic acids is 1. The molecule has 0 saturated carbocycles. The van der Waals surface area contributed by atoms with Gasteiger partial charge in [0.1, 0.15) is 0 Å². The van der Waals surface area contributed by atoms with Gasteiger partial charge in [-0.25, -0.2) is 0 Å². The second-order valence-electron chi connectivity index (χ2n) is 4.67. The summed E-state index contributed by atoms with van der Waals surface area (Å²) in [5.41, 5.74) is 1.96. The lowest BCUT2D eigenvalue weighted by atomic mass is 10.0. The molecule has 0 saturated heterocycles. The van der Waals surface area contributed by atoms with E-state index in [-0.39, 0.29) is 5.91 Å². The maximum atomic E-state index is 12.0. The number of amides is 1. The van der Waals surface area contributed by atoms with Crippen molar-refractivity contribution in [2.24, 2.45) is 0 Å². The van der Waals surface area contributed by atoms with Gasteiger partial charge >= 0.3 is 0 Å². The summed E-state index contributed by atoms with van der Waals surface area (Å²) in [7, 11) is 0. The molecule has 0 aliphatic heterocycles. The highest BCUT2D eigenvalue weighted by Crippen LogP contribution is 2.22. The van der Waals surface area contributed by atoms with Crippen molar-refractivity contribution >= 4 is 33.2 Å². The molecule has 1 amide bonds. The molecule has 2 rings (SSSR count). The van der Waals surface area contributed by atoms with Gasteiger partial charge in [0.15, 0.2) is 0 Å². The number of hydrogen-bond donors (Lipinski definition) is 1. The quantitative estimate of drug-likeness (QED) is 0.870. The van der Waals surface area contributed by atoms with E-state index in [1.165, 1.54) is 5.56 Å². The van der Waals surface area contributed by atoms with Crippen molar-refractivity contribution in [1.29, 1.82) is 0 Å². The van der Waals surface area contributed by atoms with Crippen LogP contribution in [0.3, 0.4) is 0 Å². The van der Waals surface area contributed by atoms with E-state index in [1.54, 1.807) is 11.3 Å². The maximum absolute atomic E-state index is 12.0. The molecule has 2 aromatic rings.